The van der Waals surface area contributed by atoms with E-state index in [4.69, 9.17) is 9.47 Å². The first-order valence-electron chi connectivity index (χ1n) is 11.9. The Kier molecular flexibility index (Phi) is 5.02. The summed E-state index contributed by atoms with van der Waals surface area (Å²) < 4.78 is 12.2. The van der Waals surface area contributed by atoms with E-state index in [1.165, 1.54) is 0 Å². The lowest BCUT2D eigenvalue weighted by atomic mass is 10.0. The third-order valence-electron chi connectivity index (χ3n) is 6.64. The van der Waals surface area contributed by atoms with Crippen LogP contribution in [0.25, 0.3) is 0 Å². The lowest BCUT2D eigenvalue weighted by Crippen LogP contribution is -1.87. The zero-order chi connectivity index (χ0) is 23.9. The summed E-state index contributed by atoms with van der Waals surface area (Å²) in [6.07, 6.45) is -0.472. The average molecular weight is 469 g/mol. The topological polar surface area (TPSA) is 74.5 Å². The van der Waals surface area contributed by atoms with Gasteiger partial charge in [0.2, 0.25) is 0 Å². The highest BCUT2D eigenvalue weighted by atomic mass is 16.6. The van der Waals surface area contributed by atoms with Crippen LogP contribution >= 0.6 is 0 Å². The quantitative estimate of drug-likeness (QED) is 0.246. The van der Waals surface area contributed by atoms with E-state index in [0.717, 1.165) is 45.0 Å². The first-order chi connectivity index (χ1) is 17.9. The maximum absolute atomic E-state index is 6.11. The third-order valence-corrected chi connectivity index (χ3v) is 6.64. The number of benzene rings is 4. The number of nitrogens with zero attached hydrogens (tertiary/aromatic N) is 4. The van der Waals surface area contributed by atoms with Gasteiger partial charge < -0.3 is 9.47 Å². The molecule has 0 spiro atoms. The monoisotopic (exact) mass is 468 g/mol. The summed E-state index contributed by atoms with van der Waals surface area (Å²) in [6, 6.07) is 37.5. The summed E-state index contributed by atoms with van der Waals surface area (Å²) in [5, 5.41) is 0. The van der Waals surface area contributed by atoms with E-state index in [2.05, 4.69) is 32.0 Å². The summed E-state index contributed by atoms with van der Waals surface area (Å²) in [6.45, 7) is 0. The second kappa shape index (κ2) is 8.65. The maximum atomic E-state index is 6.11. The van der Waals surface area contributed by atoms with Crippen LogP contribution < -0.4 is 0 Å². The molecule has 7 rings (SSSR count). The Morgan fingerprint density at radius 2 is 0.639 bits per heavy atom. The summed E-state index contributed by atoms with van der Waals surface area (Å²) in [4.78, 5) is 18.3. The molecule has 6 nitrogen and oxygen atoms in total. The van der Waals surface area contributed by atoms with Crippen LogP contribution in [0.3, 0.4) is 0 Å². The van der Waals surface area contributed by atoms with Crippen molar-refractivity contribution in [1.29, 1.82) is 0 Å². The Bertz CT molecular complexity index is 1380. The van der Waals surface area contributed by atoms with E-state index in [1.807, 2.05) is 97.1 Å². The van der Waals surface area contributed by atoms with Crippen LogP contribution in [-0.4, -0.2) is 12.0 Å². The highest BCUT2D eigenvalue weighted by Gasteiger charge is 2.45. The van der Waals surface area contributed by atoms with Crippen molar-refractivity contribution < 1.29 is 9.47 Å². The molecule has 0 bridgehead atoms. The number of hydrogen-bond acceptors (Lipinski definition) is 6. The molecule has 0 saturated carbocycles. The fraction of sp³-hybridized carbons (Fsp3) is 0.133. The number of hydrogen-bond donors (Lipinski definition) is 0. The van der Waals surface area contributed by atoms with E-state index in [-0.39, 0.29) is 24.4 Å². The Morgan fingerprint density at radius 3 is 0.917 bits per heavy atom. The molecule has 0 N–H and O–H groups in total. The predicted octanol–water partition coefficient (Wildman–Crippen LogP) is 7.90. The normalized spacial score (nSPS) is 23.1. The van der Waals surface area contributed by atoms with Gasteiger partial charge in [-0.3, -0.25) is 0 Å². The molecular weight excluding hydrogens is 448 g/mol. The second-order valence-corrected chi connectivity index (χ2v) is 8.84. The molecule has 2 fully saturated rings. The summed E-state index contributed by atoms with van der Waals surface area (Å²) >= 11 is 0. The van der Waals surface area contributed by atoms with Crippen molar-refractivity contribution in [1.82, 2.24) is 0 Å². The van der Waals surface area contributed by atoms with Crippen molar-refractivity contribution in [3.05, 3.63) is 119 Å². The van der Waals surface area contributed by atoms with Crippen molar-refractivity contribution in [2.75, 3.05) is 0 Å². The fourth-order valence-corrected chi connectivity index (χ4v) is 4.76. The molecule has 0 aromatic heterocycles. The van der Waals surface area contributed by atoms with Crippen LogP contribution in [0.4, 0.5) is 22.7 Å². The number of rotatable bonds is 0. The Hall–Kier alpha value is -4.44. The molecule has 3 heterocycles. The first kappa shape index (κ1) is 20.9. The molecule has 0 aliphatic carbocycles. The fourth-order valence-electron chi connectivity index (χ4n) is 4.76. The van der Waals surface area contributed by atoms with E-state index >= 15 is 0 Å². The Morgan fingerprint density at radius 1 is 0.389 bits per heavy atom. The zero-order valence-electron chi connectivity index (χ0n) is 19.2. The van der Waals surface area contributed by atoms with E-state index in [0.29, 0.717) is 0 Å². The predicted molar refractivity (Wildman–Crippen MR) is 137 cm³/mol. The number of para-hydroxylation sites is 4. The van der Waals surface area contributed by atoms with Gasteiger partial charge in [-0.05, 0) is 24.3 Å². The number of ether oxygens (including phenoxy) is 2. The zero-order valence-corrected chi connectivity index (χ0v) is 19.2. The molecule has 4 aromatic rings. The SMILES string of the molecule is C1=Nc2ccccc2[C@H]2O[C@H]2c2ccccc2N=C=Nc2ccccc2[C@H]2O[C@H]2c2ccccc2N=1. The van der Waals surface area contributed by atoms with Crippen molar-refractivity contribution >= 4 is 34.8 Å². The molecule has 3 aliphatic heterocycles. The molecule has 4 aromatic carbocycles. The van der Waals surface area contributed by atoms with Gasteiger partial charge in [-0.15, -0.1) is 0 Å². The van der Waals surface area contributed by atoms with Crippen molar-refractivity contribution in [2.45, 2.75) is 24.4 Å². The second-order valence-electron chi connectivity index (χ2n) is 8.84. The summed E-state index contributed by atoms with van der Waals surface area (Å²) in [7, 11) is 0. The van der Waals surface area contributed by atoms with Crippen LogP contribution in [0.5, 0.6) is 0 Å². The van der Waals surface area contributed by atoms with Crippen LogP contribution in [0.15, 0.2) is 117 Å². The van der Waals surface area contributed by atoms with Gasteiger partial charge in [0.15, 0.2) is 0 Å². The number of epoxide rings is 2. The highest BCUT2D eigenvalue weighted by Crippen LogP contribution is 2.56. The Balaban J connectivity index is 1.38. The minimum Gasteiger partial charge on any atom is -0.359 e. The molecule has 0 unspecified atom stereocenters. The minimum absolute atomic E-state index is 0.118. The number of fused-ring (bicyclic) bond motifs is 10. The minimum atomic E-state index is -0.118. The third kappa shape index (κ3) is 3.81. The average Bonchev–Trinajstić information content (AvgIpc) is 3.85. The first-order valence-corrected chi connectivity index (χ1v) is 11.9. The van der Waals surface area contributed by atoms with E-state index in [1.54, 1.807) is 0 Å². The van der Waals surface area contributed by atoms with E-state index < -0.39 is 0 Å². The van der Waals surface area contributed by atoms with Crippen molar-refractivity contribution in [3.63, 3.8) is 0 Å². The van der Waals surface area contributed by atoms with Crippen LogP contribution in [0.1, 0.15) is 46.7 Å². The van der Waals surface area contributed by atoms with Crippen LogP contribution in [-0.2, 0) is 9.47 Å². The van der Waals surface area contributed by atoms with Crippen LogP contribution in [0, 0.1) is 0 Å². The standard InChI is InChI=1S/C30H20N4O2/c1-5-13-23-19(9-1)27-28(35-27)20-10-2-6-14-24(20)33-18-34-26-16-8-4-12-22(26)30-29(36-30)21-11-3-7-15-25(21)32-17-31-23/h1-16,27-30H/t27-,28+,29+,30-. The van der Waals surface area contributed by atoms with Gasteiger partial charge in [0.1, 0.15) is 36.4 Å². The van der Waals surface area contributed by atoms with Gasteiger partial charge in [-0.2, -0.15) is 20.0 Å². The molecule has 2 saturated heterocycles. The van der Waals surface area contributed by atoms with Gasteiger partial charge in [0.25, 0.3) is 0 Å². The molecule has 36 heavy (non-hydrogen) atoms. The van der Waals surface area contributed by atoms with E-state index in [9.17, 15) is 0 Å². The lowest BCUT2D eigenvalue weighted by Gasteiger charge is -2.04. The lowest BCUT2D eigenvalue weighted by molar-refractivity contribution is 0.378. The van der Waals surface area contributed by atoms with Gasteiger partial charge >= 0.3 is 0 Å². The van der Waals surface area contributed by atoms with Crippen LogP contribution in [0.2, 0.25) is 0 Å². The highest BCUT2D eigenvalue weighted by molar-refractivity contribution is 5.66. The molecular formula is C30H20N4O2. The van der Waals surface area contributed by atoms with Gasteiger partial charge in [0.05, 0.1) is 22.7 Å². The molecule has 0 amide bonds. The maximum Gasteiger partial charge on any atom is 0.116 e. The largest absolute Gasteiger partial charge is 0.359 e. The van der Waals surface area contributed by atoms with Crippen molar-refractivity contribution in [2.24, 2.45) is 20.0 Å². The molecule has 0 radical (unpaired) electrons. The molecule has 6 heteroatoms. The summed E-state index contributed by atoms with van der Waals surface area (Å²) in [5.74, 6) is 0. The number of aliphatic imine (C=N–C) groups is 4. The smallest absolute Gasteiger partial charge is 0.116 e. The Labute approximate surface area is 208 Å². The molecule has 4 atom stereocenters. The summed E-state index contributed by atoms with van der Waals surface area (Å²) in [5.41, 5.74) is 7.10. The molecule has 3 aliphatic rings. The molecule has 172 valence electrons. The van der Waals surface area contributed by atoms with Gasteiger partial charge in [-0.25, -0.2) is 0 Å². The van der Waals surface area contributed by atoms with Gasteiger partial charge in [-0.1, -0.05) is 72.8 Å². The van der Waals surface area contributed by atoms with Crippen molar-refractivity contribution in [3.8, 4) is 0 Å². The van der Waals surface area contributed by atoms with Gasteiger partial charge in [0, 0.05) is 22.3 Å².